The largest absolute Gasteiger partial charge is 0.507 e. The minimum absolute atomic E-state index is 0.125. The van der Waals surface area contributed by atoms with Crippen molar-refractivity contribution in [1.82, 2.24) is 10.6 Å². The summed E-state index contributed by atoms with van der Waals surface area (Å²) in [5.41, 5.74) is 0.484. The van der Waals surface area contributed by atoms with Gasteiger partial charge in [0.25, 0.3) is 0 Å². The molecule has 1 saturated carbocycles. The number of aliphatic hydroxyl groups is 3. The molecule has 14 nitrogen and oxygen atoms in total. The lowest BCUT2D eigenvalue weighted by molar-refractivity contribution is -0.179. The lowest BCUT2D eigenvalue weighted by atomic mass is 9.54. The SMILES string of the molecule is C[C@H]1c2ccc(NC(=O)NC(C)(C)C)c(O)c2C(=O)C2=C(O)[C@]3(OC(=O)NC(C)(C)C)C(=O)C(C(N)=O)C(O)C[C@@H]3[C@@H](O)[C@@H]21. The van der Waals surface area contributed by atoms with Crippen molar-refractivity contribution in [2.24, 2.45) is 23.5 Å². The number of amides is 4. The first kappa shape index (κ1) is 32.7. The number of nitrogens with two attached hydrogens (primary N) is 1. The molecular formula is C30H40N4O10. The fraction of sp³-hybridized carbons (Fsp3) is 0.567. The summed E-state index contributed by atoms with van der Waals surface area (Å²) >= 11 is 0. The molecule has 1 fully saturated rings. The van der Waals surface area contributed by atoms with Gasteiger partial charge in [-0.05, 0) is 65.5 Å². The number of rotatable bonds is 3. The highest BCUT2D eigenvalue weighted by Crippen LogP contribution is 2.56. The van der Waals surface area contributed by atoms with Crippen LogP contribution in [0.1, 0.15) is 76.7 Å². The summed E-state index contributed by atoms with van der Waals surface area (Å²) in [5.74, 6) is -10.6. The molecule has 2 unspecified atom stereocenters. The standard InChI is InChI=1S/C30H40N4O10/c1-11-12-8-9-14(32-26(42)33-28(2,3)4)21(37)17(12)22(38)19-16(11)20(36)13-10-15(35)18(25(31)41)23(39)30(13,24(19)40)44-27(43)34-29(5,6)7/h8-9,11,13,15-16,18,20,35-37,40H,10H2,1-7H3,(H2,31,41)(H,34,43)(H2,32,33,42)/t11-,13+,15?,16+,18?,20+,30+/m0/s1. The second kappa shape index (κ2) is 10.8. The summed E-state index contributed by atoms with van der Waals surface area (Å²) in [6, 6.07) is 2.21. The number of benzene rings is 1. The van der Waals surface area contributed by atoms with Gasteiger partial charge >= 0.3 is 12.1 Å². The average Bonchev–Trinajstić information content (AvgIpc) is 2.84. The third-order valence-electron chi connectivity index (χ3n) is 8.26. The molecule has 0 bridgehead atoms. The molecule has 0 aromatic heterocycles. The Labute approximate surface area is 254 Å². The Kier molecular flexibility index (Phi) is 8.01. The number of alkyl carbamates (subject to hydrolysis) is 1. The maximum absolute atomic E-state index is 14.1. The van der Waals surface area contributed by atoms with Crippen molar-refractivity contribution in [2.45, 2.75) is 89.7 Å². The van der Waals surface area contributed by atoms with Crippen molar-refractivity contribution in [3.63, 3.8) is 0 Å². The van der Waals surface area contributed by atoms with E-state index in [4.69, 9.17) is 10.5 Å². The highest BCUT2D eigenvalue weighted by molar-refractivity contribution is 6.17. The number of carbonyl (C=O) groups is 5. The van der Waals surface area contributed by atoms with Crippen LogP contribution in [0.3, 0.4) is 0 Å². The Hall–Kier alpha value is -4.17. The number of carbonyl (C=O) groups excluding carboxylic acids is 5. The van der Waals surface area contributed by atoms with Crippen molar-refractivity contribution >= 4 is 35.3 Å². The van der Waals surface area contributed by atoms with Crippen LogP contribution in [0.15, 0.2) is 23.5 Å². The first-order valence-electron chi connectivity index (χ1n) is 14.3. The van der Waals surface area contributed by atoms with E-state index in [1.165, 1.54) is 12.1 Å². The molecule has 0 radical (unpaired) electrons. The van der Waals surface area contributed by atoms with E-state index in [9.17, 15) is 44.4 Å². The molecule has 0 heterocycles. The van der Waals surface area contributed by atoms with Gasteiger partial charge in [-0.2, -0.15) is 0 Å². The van der Waals surface area contributed by atoms with Crippen LogP contribution in [-0.2, 0) is 14.3 Å². The van der Waals surface area contributed by atoms with E-state index in [0.717, 1.165) is 0 Å². The fourth-order valence-electron chi connectivity index (χ4n) is 6.53. The maximum atomic E-state index is 14.1. The molecule has 0 aliphatic heterocycles. The summed E-state index contributed by atoms with van der Waals surface area (Å²) in [6.45, 7) is 11.7. The molecule has 4 rings (SSSR count). The Bertz CT molecular complexity index is 1470. The molecule has 9 N–H and O–H groups in total. The van der Waals surface area contributed by atoms with Gasteiger partial charge in [-0.3, -0.25) is 14.4 Å². The Morgan fingerprint density at radius 3 is 2.14 bits per heavy atom. The molecule has 7 atom stereocenters. The summed E-state index contributed by atoms with van der Waals surface area (Å²) in [7, 11) is 0. The summed E-state index contributed by atoms with van der Waals surface area (Å²) < 4.78 is 5.59. The quantitative estimate of drug-likeness (QED) is 0.181. The fourth-order valence-corrected chi connectivity index (χ4v) is 6.53. The third kappa shape index (κ3) is 5.36. The van der Waals surface area contributed by atoms with E-state index in [-0.39, 0.29) is 16.8 Å². The van der Waals surface area contributed by atoms with Gasteiger partial charge in [-0.15, -0.1) is 0 Å². The zero-order valence-electron chi connectivity index (χ0n) is 25.6. The topological polar surface area (TPSA) is 238 Å². The van der Waals surface area contributed by atoms with Gasteiger partial charge in [0.05, 0.1) is 23.5 Å². The Balaban J connectivity index is 1.92. The zero-order valence-corrected chi connectivity index (χ0v) is 25.6. The summed E-state index contributed by atoms with van der Waals surface area (Å²) in [5, 5.41) is 53.2. The first-order valence-corrected chi connectivity index (χ1v) is 14.3. The normalized spacial score (nSPS) is 30.0. The lowest BCUT2D eigenvalue weighted by Gasteiger charge is -2.53. The Morgan fingerprint density at radius 2 is 1.59 bits per heavy atom. The molecule has 4 amide bonds. The maximum Gasteiger partial charge on any atom is 0.409 e. The molecule has 14 heteroatoms. The molecule has 240 valence electrons. The number of ketones is 2. The number of nitrogens with one attached hydrogen (secondary N) is 3. The highest BCUT2D eigenvalue weighted by atomic mass is 16.6. The number of anilines is 1. The number of Topliss-reactive ketones (excluding diaryl/α,β-unsaturated/α-hetero) is 2. The van der Waals surface area contributed by atoms with Gasteiger partial charge in [-0.25, -0.2) is 9.59 Å². The summed E-state index contributed by atoms with van der Waals surface area (Å²) in [6.07, 6.45) is -5.01. The molecular weight excluding hydrogens is 576 g/mol. The number of aliphatic hydroxyl groups excluding tert-OH is 3. The van der Waals surface area contributed by atoms with Gasteiger partial charge in [0.2, 0.25) is 11.5 Å². The number of ether oxygens (including phenoxy) is 1. The number of primary amides is 1. The summed E-state index contributed by atoms with van der Waals surface area (Å²) in [4.78, 5) is 66.0. The highest BCUT2D eigenvalue weighted by Gasteiger charge is 2.69. The van der Waals surface area contributed by atoms with E-state index in [1.807, 2.05) is 0 Å². The molecule has 44 heavy (non-hydrogen) atoms. The van der Waals surface area contributed by atoms with E-state index in [0.29, 0.717) is 0 Å². The number of urea groups is 1. The van der Waals surface area contributed by atoms with Crippen LogP contribution in [0.4, 0.5) is 15.3 Å². The van der Waals surface area contributed by atoms with Crippen molar-refractivity contribution in [3.8, 4) is 5.75 Å². The van der Waals surface area contributed by atoms with Crippen LogP contribution in [0, 0.1) is 17.8 Å². The molecule has 0 saturated heterocycles. The minimum atomic E-state index is -2.77. The number of aromatic hydroxyl groups is 1. The number of hydrogen-bond donors (Lipinski definition) is 8. The third-order valence-corrected chi connectivity index (χ3v) is 8.26. The molecule has 3 aliphatic rings. The molecule has 0 spiro atoms. The second-order valence-corrected chi connectivity index (χ2v) is 13.8. The van der Waals surface area contributed by atoms with Crippen LogP contribution in [-0.4, -0.2) is 78.9 Å². The van der Waals surface area contributed by atoms with Crippen molar-refractivity contribution in [1.29, 1.82) is 0 Å². The van der Waals surface area contributed by atoms with E-state index in [2.05, 4.69) is 16.0 Å². The predicted octanol–water partition coefficient (Wildman–Crippen LogP) is 1.73. The van der Waals surface area contributed by atoms with Crippen LogP contribution >= 0.6 is 0 Å². The molecule has 3 aliphatic carbocycles. The van der Waals surface area contributed by atoms with Gasteiger partial charge in [0, 0.05) is 28.5 Å². The smallest absolute Gasteiger partial charge is 0.409 e. The van der Waals surface area contributed by atoms with Crippen LogP contribution in [0.2, 0.25) is 0 Å². The second-order valence-electron chi connectivity index (χ2n) is 13.8. The number of phenols is 1. The number of fused-ring (bicyclic) bond motifs is 3. The Morgan fingerprint density at radius 1 is 1.00 bits per heavy atom. The van der Waals surface area contributed by atoms with Crippen LogP contribution in [0.5, 0.6) is 5.75 Å². The monoisotopic (exact) mass is 616 g/mol. The van der Waals surface area contributed by atoms with Crippen molar-refractivity contribution in [2.75, 3.05) is 5.32 Å². The lowest BCUT2D eigenvalue weighted by Crippen LogP contribution is -2.69. The molecule has 1 aromatic rings. The van der Waals surface area contributed by atoms with E-state index < -0.39 is 106 Å². The van der Waals surface area contributed by atoms with Gasteiger partial charge in [0.15, 0.2) is 23.1 Å². The average molecular weight is 617 g/mol. The van der Waals surface area contributed by atoms with Crippen LogP contribution < -0.4 is 21.7 Å². The van der Waals surface area contributed by atoms with E-state index in [1.54, 1.807) is 48.5 Å². The van der Waals surface area contributed by atoms with E-state index >= 15 is 0 Å². The van der Waals surface area contributed by atoms with Gasteiger partial charge < -0.3 is 46.8 Å². The number of hydrogen-bond acceptors (Lipinski definition) is 10. The predicted molar refractivity (Wildman–Crippen MR) is 156 cm³/mol. The van der Waals surface area contributed by atoms with Gasteiger partial charge in [0.1, 0.15) is 5.92 Å². The zero-order chi connectivity index (χ0) is 33.3. The van der Waals surface area contributed by atoms with Crippen molar-refractivity contribution in [3.05, 3.63) is 34.6 Å². The minimum Gasteiger partial charge on any atom is -0.507 e. The number of phenolic OH excluding ortho intramolecular Hbond substituents is 1. The first-order chi connectivity index (χ1) is 20.1. The van der Waals surface area contributed by atoms with Crippen LogP contribution in [0.25, 0.3) is 0 Å². The van der Waals surface area contributed by atoms with Crippen molar-refractivity contribution < 1.29 is 49.1 Å². The van der Waals surface area contributed by atoms with Gasteiger partial charge in [-0.1, -0.05) is 13.0 Å². The molecule has 1 aromatic carbocycles.